The lowest BCUT2D eigenvalue weighted by atomic mass is 10.0. The summed E-state index contributed by atoms with van der Waals surface area (Å²) in [5.74, 6) is 0.218. The SMILES string of the molecule is COC[C@]12COC(C1OC)[C@H](n1cc(C)c(N)nc1=O)O2. The maximum Gasteiger partial charge on any atom is 0.351 e. The van der Waals surface area contributed by atoms with Crippen molar-refractivity contribution in [1.82, 2.24) is 9.55 Å². The third-order valence-corrected chi connectivity index (χ3v) is 4.06. The highest BCUT2D eigenvalue weighted by Gasteiger charge is 2.63. The van der Waals surface area contributed by atoms with Crippen molar-refractivity contribution in [2.24, 2.45) is 0 Å². The first kappa shape index (κ1) is 14.5. The standard InChI is InChI=1S/C13H19N3O5/c1-7-4-16(12(17)15-10(7)14)11-8-9(19-3)13(21-11,5-18-2)6-20-8/h4,8-9,11H,5-6H2,1-3H3,(H2,14,15,17)/t8?,9?,11-,13+/m1/s1. The average Bonchev–Trinajstić information content (AvgIpc) is 2.94. The molecular formula is C13H19N3O5. The Morgan fingerprint density at radius 3 is 3.00 bits per heavy atom. The van der Waals surface area contributed by atoms with Crippen LogP contribution in [-0.4, -0.2) is 54.8 Å². The topological polar surface area (TPSA) is 97.8 Å². The van der Waals surface area contributed by atoms with E-state index in [0.29, 0.717) is 18.8 Å². The summed E-state index contributed by atoms with van der Waals surface area (Å²) in [6.45, 7) is 2.48. The Hall–Kier alpha value is -1.48. The summed E-state index contributed by atoms with van der Waals surface area (Å²) in [6, 6.07) is 0. The van der Waals surface area contributed by atoms with Gasteiger partial charge in [0.1, 0.15) is 23.6 Å². The number of anilines is 1. The van der Waals surface area contributed by atoms with Crippen molar-refractivity contribution in [3.05, 3.63) is 22.2 Å². The third kappa shape index (κ3) is 2.06. The maximum absolute atomic E-state index is 12.1. The van der Waals surface area contributed by atoms with Crippen molar-refractivity contribution in [2.75, 3.05) is 33.2 Å². The second-order valence-electron chi connectivity index (χ2n) is 5.44. The van der Waals surface area contributed by atoms with E-state index >= 15 is 0 Å². The zero-order chi connectivity index (χ0) is 15.2. The minimum absolute atomic E-state index is 0.218. The number of hydrogen-bond donors (Lipinski definition) is 1. The number of methoxy groups -OCH3 is 2. The number of fused-ring (bicyclic) bond motifs is 2. The summed E-state index contributed by atoms with van der Waals surface area (Å²) in [5.41, 5.74) is 5.18. The predicted octanol–water partition coefficient (Wildman–Crippen LogP) is -0.538. The van der Waals surface area contributed by atoms with Crippen LogP contribution in [0.25, 0.3) is 0 Å². The van der Waals surface area contributed by atoms with Crippen LogP contribution in [0.3, 0.4) is 0 Å². The Bertz CT molecular complexity index is 604. The molecule has 21 heavy (non-hydrogen) atoms. The first-order valence-corrected chi connectivity index (χ1v) is 6.69. The summed E-state index contributed by atoms with van der Waals surface area (Å²) < 4.78 is 24.0. The van der Waals surface area contributed by atoms with Gasteiger partial charge in [-0.25, -0.2) is 4.79 Å². The molecule has 3 heterocycles. The molecule has 0 radical (unpaired) electrons. The van der Waals surface area contributed by atoms with Gasteiger partial charge in [-0.2, -0.15) is 4.98 Å². The van der Waals surface area contributed by atoms with E-state index in [4.69, 9.17) is 24.7 Å². The Morgan fingerprint density at radius 1 is 1.57 bits per heavy atom. The van der Waals surface area contributed by atoms with Gasteiger partial charge in [-0.05, 0) is 6.92 Å². The molecule has 2 fully saturated rings. The van der Waals surface area contributed by atoms with Gasteiger partial charge in [0.15, 0.2) is 6.23 Å². The highest BCUT2D eigenvalue weighted by atomic mass is 16.7. The number of ether oxygens (including phenoxy) is 4. The molecule has 0 saturated carbocycles. The number of nitrogens with two attached hydrogens (primary N) is 1. The maximum atomic E-state index is 12.1. The lowest BCUT2D eigenvalue weighted by molar-refractivity contribution is -0.191. The third-order valence-electron chi connectivity index (χ3n) is 4.06. The van der Waals surface area contributed by atoms with E-state index in [1.807, 2.05) is 0 Å². The number of nitrogens with zero attached hydrogens (tertiary/aromatic N) is 2. The number of aromatic nitrogens is 2. The monoisotopic (exact) mass is 297 g/mol. The molecule has 2 saturated heterocycles. The molecule has 4 atom stereocenters. The Morgan fingerprint density at radius 2 is 2.33 bits per heavy atom. The molecule has 8 heteroatoms. The molecular weight excluding hydrogens is 278 g/mol. The number of hydrogen-bond acceptors (Lipinski definition) is 7. The van der Waals surface area contributed by atoms with Gasteiger partial charge in [0.05, 0.1) is 13.2 Å². The Kier molecular flexibility index (Phi) is 3.48. The molecule has 0 amide bonds. The molecule has 1 aromatic rings. The Balaban J connectivity index is 1.99. The molecule has 0 spiro atoms. The first-order chi connectivity index (χ1) is 10.0. The van der Waals surface area contributed by atoms with Crippen molar-refractivity contribution in [3.8, 4) is 0 Å². The van der Waals surface area contributed by atoms with Crippen LogP contribution >= 0.6 is 0 Å². The van der Waals surface area contributed by atoms with Crippen molar-refractivity contribution in [1.29, 1.82) is 0 Å². The second kappa shape index (κ2) is 5.06. The smallest absolute Gasteiger partial charge is 0.351 e. The normalized spacial score (nSPS) is 34.5. The molecule has 1 aromatic heterocycles. The fraction of sp³-hybridized carbons (Fsp3) is 0.692. The zero-order valence-electron chi connectivity index (χ0n) is 12.2. The van der Waals surface area contributed by atoms with E-state index in [1.54, 1.807) is 27.3 Å². The van der Waals surface area contributed by atoms with Crippen LogP contribution in [0.5, 0.6) is 0 Å². The van der Waals surface area contributed by atoms with Gasteiger partial charge >= 0.3 is 5.69 Å². The largest absolute Gasteiger partial charge is 0.383 e. The molecule has 2 unspecified atom stereocenters. The molecule has 2 N–H and O–H groups in total. The zero-order valence-corrected chi connectivity index (χ0v) is 12.2. The Labute approximate surface area is 121 Å². The lowest BCUT2D eigenvalue weighted by Crippen LogP contribution is -2.45. The van der Waals surface area contributed by atoms with Crippen molar-refractivity contribution in [3.63, 3.8) is 0 Å². The first-order valence-electron chi connectivity index (χ1n) is 6.69. The van der Waals surface area contributed by atoms with Crippen LogP contribution in [0.1, 0.15) is 11.8 Å². The molecule has 2 aliphatic heterocycles. The van der Waals surface area contributed by atoms with E-state index in [2.05, 4.69) is 4.98 Å². The molecule has 2 bridgehead atoms. The number of nitrogen functional groups attached to an aromatic ring is 1. The van der Waals surface area contributed by atoms with Crippen molar-refractivity contribution >= 4 is 5.82 Å². The summed E-state index contributed by atoms with van der Waals surface area (Å²) in [6.07, 6.45) is 0.352. The van der Waals surface area contributed by atoms with Gasteiger partial charge in [-0.1, -0.05) is 0 Å². The van der Waals surface area contributed by atoms with E-state index in [-0.39, 0.29) is 18.0 Å². The van der Waals surface area contributed by atoms with Gasteiger partial charge in [-0.15, -0.1) is 0 Å². The number of rotatable bonds is 4. The van der Waals surface area contributed by atoms with Crippen LogP contribution in [0.15, 0.2) is 11.0 Å². The molecule has 8 nitrogen and oxygen atoms in total. The molecule has 3 rings (SSSR count). The molecule has 0 aromatic carbocycles. The van der Waals surface area contributed by atoms with Crippen LogP contribution in [0.4, 0.5) is 5.82 Å². The van der Waals surface area contributed by atoms with E-state index < -0.39 is 17.5 Å². The van der Waals surface area contributed by atoms with Crippen LogP contribution in [0.2, 0.25) is 0 Å². The predicted molar refractivity (Wildman–Crippen MR) is 72.9 cm³/mol. The highest BCUT2D eigenvalue weighted by Crippen LogP contribution is 2.46. The average molecular weight is 297 g/mol. The van der Waals surface area contributed by atoms with Gasteiger partial charge < -0.3 is 24.7 Å². The van der Waals surface area contributed by atoms with E-state index in [1.165, 1.54) is 4.57 Å². The van der Waals surface area contributed by atoms with Gasteiger partial charge in [0.25, 0.3) is 0 Å². The summed E-state index contributed by atoms with van der Waals surface area (Å²) in [5, 5.41) is 0. The molecule has 116 valence electrons. The van der Waals surface area contributed by atoms with Gasteiger partial charge in [0.2, 0.25) is 0 Å². The highest BCUT2D eigenvalue weighted by molar-refractivity contribution is 5.35. The van der Waals surface area contributed by atoms with Gasteiger partial charge in [0, 0.05) is 26.0 Å². The van der Waals surface area contributed by atoms with E-state index in [9.17, 15) is 4.79 Å². The van der Waals surface area contributed by atoms with Crippen molar-refractivity contribution in [2.45, 2.75) is 31.0 Å². The molecule has 2 aliphatic rings. The number of aryl methyl sites for hydroxylation is 1. The minimum Gasteiger partial charge on any atom is -0.383 e. The summed E-state index contributed by atoms with van der Waals surface area (Å²) in [7, 11) is 3.18. The molecule has 0 aliphatic carbocycles. The fourth-order valence-electron chi connectivity index (χ4n) is 3.07. The summed E-state index contributed by atoms with van der Waals surface area (Å²) in [4.78, 5) is 15.9. The fourth-order valence-corrected chi connectivity index (χ4v) is 3.07. The van der Waals surface area contributed by atoms with E-state index in [0.717, 1.165) is 0 Å². The van der Waals surface area contributed by atoms with Crippen LogP contribution in [0, 0.1) is 6.92 Å². The minimum atomic E-state index is -0.701. The van der Waals surface area contributed by atoms with Crippen LogP contribution < -0.4 is 11.4 Å². The summed E-state index contributed by atoms with van der Waals surface area (Å²) >= 11 is 0. The van der Waals surface area contributed by atoms with Crippen LogP contribution in [-0.2, 0) is 18.9 Å². The van der Waals surface area contributed by atoms with Crippen molar-refractivity contribution < 1.29 is 18.9 Å². The second-order valence-corrected chi connectivity index (χ2v) is 5.44. The lowest BCUT2D eigenvalue weighted by Gasteiger charge is -2.30. The quantitative estimate of drug-likeness (QED) is 0.797. The van der Waals surface area contributed by atoms with Gasteiger partial charge in [-0.3, -0.25) is 4.57 Å².